The molecule has 6 aromatic carbocycles. The van der Waals surface area contributed by atoms with Crippen molar-refractivity contribution in [1.29, 1.82) is 0 Å². The SMILES string of the molecule is C=CCc1ccccc1.CC.CC.NC(C1=CC=CCC1)c1cccc2c1-c1ccccc1C21c2cccc3ccc4cccc1c4c23. The van der Waals surface area contributed by atoms with Gasteiger partial charge in [0.1, 0.15) is 0 Å². The molecule has 3 aliphatic carbocycles. The molecule has 0 radical (unpaired) electrons. The molecule has 0 amide bonds. The van der Waals surface area contributed by atoms with Gasteiger partial charge >= 0.3 is 0 Å². The predicted octanol–water partition coefficient (Wildman–Crippen LogP) is 12.4. The van der Waals surface area contributed by atoms with Crippen molar-refractivity contribution >= 4 is 21.5 Å². The minimum absolute atomic E-state index is 0.103. The second-order valence-corrected chi connectivity index (χ2v) is 12.1. The van der Waals surface area contributed by atoms with Gasteiger partial charge in [-0.3, -0.25) is 0 Å². The van der Waals surface area contributed by atoms with Gasteiger partial charge in [0.05, 0.1) is 11.5 Å². The third-order valence-corrected chi connectivity index (χ3v) is 9.80. The van der Waals surface area contributed by atoms with E-state index >= 15 is 0 Å². The Morgan fingerprint density at radius 1 is 0.667 bits per heavy atom. The second-order valence-electron chi connectivity index (χ2n) is 12.1. The van der Waals surface area contributed by atoms with Crippen molar-refractivity contribution in [1.82, 2.24) is 0 Å². The molecule has 0 fully saturated rings. The van der Waals surface area contributed by atoms with Crippen LogP contribution in [0, 0.1) is 0 Å². The number of nitrogens with two attached hydrogens (primary N) is 1. The molecule has 3 aliphatic rings. The van der Waals surface area contributed by atoms with Crippen LogP contribution in [0.5, 0.6) is 0 Å². The smallest absolute Gasteiger partial charge is 0.0726 e. The minimum Gasteiger partial charge on any atom is -0.321 e. The topological polar surface area (TPSA) is 26.0 Å². The van der Waals surface area contributed by atoms with Crippen LogP contribution in [-0.4, -0.2) is 0 Å². The third-order valence-electron chi connectivity index (χ3n) is 9.80. The normalized spacial score (nSPS) is 14.5. The fourth-order valence-corrected chi connectivity index (χ4v) is 7.98. The van der Waals surface area contributed by atoms with E-state index in [0.29, 0.717) is 0 Å². The molecular formula is C47H47N. The largest absolute Gasteiger partial charge is 0.321 e. The van der Waals surface area contributed by atoms with Crippen LogP contribution in [-0.2, 0) is 11.8 Å². The van der Waals surface area contributed by atoms with Crippen molar-refractivity contribution in [3.05, 3.63) is 191 Å². The van der Waals surface area contributed by atoms with Gasteiger partial charge in [0.25, 0.3) is 0 Å². The van der Waals surface area contributed by atoms with E-state index in [2.05, 4.69) is 128 Å². The minimum atomic E-state index is -0.314. The maximum atomic E-state index is 7.02. The summed E-state index contributed by atoms with van der Waals surface area (Å²) in [5, 5.41) is 5.44. The number of fused-ring (bicyclic) bond motifs is 7. The molecule has 1 heteroatoms. The maximum Gasteiger partial charge on any atom is 0.0726 e. The van der Waals surface area contributed by atoms with E-state index in [4.69, 9.17) is 5.73 Å². The summed E-state index contributed by atoms with van der Waals surface area (Å²) < 4.78 is 0. The lowest BCUT2D eigenvalue weighted by Gasteiger charge is -2.31. The van der Waals surface area contributed by atoms with Crippen molar-refractivity contribution in [3.63, 3.8) is 0 Å². The average molecular weight is 626 g/mol. The Labute approximate surface area is 287 Å². The van der Waals surface area contributed by atoms with E-state index in [1.807, 2.05) is 52.0 Å². The molecule has 0 heterocycles. The first-order valence-corrected chi connectivity index (χ1v) is 17.7. The van der Waals surface area contributed by atoms with Crippen LogP contribution in [0.3, 0.4) is 0 Å². The molecule has 6 aromatic rings. The van der Waals surface area contributed by atoms with E-state index < -0.39 is 0 Å². The van der Waals surface area contributed by atoms with Gasteiger partial charge in [0.15, 0.2) is 0 Å². The van der Waals surface area contributed by atoms with Gasteiger partial charge in [-0.15, -0.1) is 6.58 Å². The molecule has 1 spiro atoms. The highest BCUT2D eigenvalue weighted by molar-refractivity contribution is 6.17. The van der Waals surface area contributed by atoms with Crippen LogP contribution in [0.4, 0.5) is 0 Å². The first kappa shape index (κ1) is 32.9. The lowest BCUT2D eigenvalue weighted by Crippen LogP contribution is -2.26. The molecule has 0 saturated carbocycles. The van der Waals surface area contributed by atoms with Crippen molar-refractivity contribution in [2.24, 2.45) is 5.73 Å². The van der Waals surface area contributed by atoms with Crippen molar-refractivity contribution in [3.8, 4) is 11.1 Å². The van der Waals surface area contributed by atoms with Crippen molar-refractivity contribution in [2.45, 2.75) is 58.4 Å². The van der Waals surface area contributed by atoms with E-state index in [0.717, 1.165) is 19.3 Å². The number of rotatable bonds is 4. The molecule has 0 aliphatic heterocycles. The van der Waals surface area contributed by atoms with Crippen molar-refractivity contribution in [2.75, 3.05) is 0 Å². The highest BCUT2D eigenvalue weighted by Gasteiger charge is 2.51. The van der Waals surface area contributed by atoms with E-state index in [9.17, 15) is 0 Å². The molecule has 48 heavy (non-hydrogen) atoms. The third kappa shape index (κ3) is 5.24. The summed E-state index contributed by atoms with van der Waals surface area (Å²) in [4.78, 5) is 0. The maximum absolute atomic E-state index is 7.02. The highest BCUT2D eigenvalue weighted by atomic mass is 14.6. The monoisotopic (exact) mass is 625 g/mol. The molecule has 1 nitrogen and oxygen atoms in total. The zero-order valence-electron chi connectivity index (χ0n) is 28.8. The summed E-state index contributed by atoms with van der Waals surface area (Å²) in [6.07, 6.45) is 11.6. The van der Waals surface area contributed by atoms with Gasteiger partial charge in [0.2, 0.25) is 0 Å². The molecule has 1 atom stereocenters. The van der Waals surface area contributed by atoms with Gasteiger partial charge in [-0.1, -0.05) is 173 Å². The quantitative estimate of drug-likeness (QED) is 0.153. The Balaban J connectivity index is 0.000000265. The standard InChI is InChI=1S/C34H25N.C9H10.2C2H6/c35-33(23-9-2-1-3-10-23)25-14-8-18-29-32(25)24-13-4-5-15-26(24)34(29)27-16-6-11-21-19-20-22-12-7-17-28(34)31(22)30(21)27;1-2-6-9-7-4-3-5-8-9;2*1-2/h1-2,4-9,11-20,33H,3,10,35H2;2-5,7-8H,1,6H2;2*1-2H3. The van der Waals surface area contributed by atoms with Crippen LogP contribution >= 0.6 is 0 Å². The number of benzene rings is 6. The van der Waals surface area contributed by atoms with Crippen molar-refractivity contribution < 1.29 is 0 Å². The summed E-state index contributed by atoms with van der Waals surface area (Å²) in [5.41, 5.74) is 18.8. The molecule has 1 unspecified atom stereocenters. The summed E-state index contributed by atoms with van der Waals surface area (Å²) in [6, 6.07) is 44.3. The predicted molar refractivity (Wildman–Crippen MR) is 209 cm³/mol. The Kier molecular flexibility index (Phi) is 9.90. The Morgan fingerprint density at radius 3 is 1.88 bits per heavy atom. The van der Waals surface area contributed by atoms with Crippen LogP contribution in [0.1, 0.15) is 80.0 Å². The fraction of sp³-hybridized carbons (Fsp3) is 0.191. The van der Waals surface area contributed by atoms with Gasteiger partial charge in [-0.25, -0.2) is 0 Å². The summed E-state index contributed by atoms with van der Waals surface area (Å²) >= 11 is 0. The lowest BCUT2D eigenvalue weighted by molar-refractivity contribution is 0.764. The van der Waals surface area contributed by atoms with E-state index in [1.54, 1.807) is 0 Å². The Hall–Kier alpha value is -4.98. The summed E-state index contributed by atoms with van der Waals surface area (Å²) in [7, 11) is 0. The molecule has 0 saturated heterocycles. The number of allylic oxidation sites excluding steroid dienone is 4. The van der Waals surface area contributed by atoms with Crippen LogP contribution < -0.4 is 5.73 Å². The van der Waals surface area contributed by atoms with Gasteiger partial charge in [0, 0.05) is 0 Å². The molecule has 9 rings (SSSR count). The Bertz CT molecular complexity index is 2070. The molecular weight excluding hydrogens is 579 g/mol. The highest BCUT2D eigenvalue weighted by Crippen LogP contribution is 2.63. The second kappa shape index (κ2) is 14.4. The average Bonchev–Trinajstić information content (AvgIpc) is 3.65. The molecule has 240 valence electrons. The van der Waals surface area contributed by atoms with Crippen LogP contribution in [0.2, 0.25) is 0 Å². The number of hydrogen-bond donors (Lipinski definition) is 1. The summed E-state index contributed by atoms with van der Waals surface area (Å²) in [5.74, 6) is 0. The van der Waals surface area contributed by atoms with Gasteiger partial charge < -0.3 is 5.73 Å². The lowest BCUT2D eigenvalue weighted by atomic mass is 9.70. The molecule has 0 aromatic heterocycles. The molecule has 0 bridgehead atoms. The zero-order chi connectivity index (χ0) is 33.7. The number of hydrogen-bond acceptors (Lipinski definition) is 1. The van der Waals surface area contributed by atoms with E-state index in [-0.39, 0.29) is 11.5 Å². The van der Waals surface area contributed by atoms with Gasteiger partial charge in [-0.05, 0) is 90.9 Å². The Morgan fingerprint density at radius 2 is 1.25 bits per heavy atom. The molecule has 2 N–H and O–H groups in total. The summed E-state index contributed by atoms with van der Waals surface area (Å²) in [6.45, 7) is 11.7. The van der Waals surface area contributed by atoms with Gasteiger partial charge in [-0.2, -0.15) is 0 Å². The first-order valence-electron chi connectivity index (χ1n) is 17.7. The zero-order valence-corrected chi connectivity index (χ0v) is 28.8. The van der Waals surface area contributed by atoms with Crippen LogP contribution in [0.25, 0.3) is 32.7 Å². The van der Waals surface area contributed by atoms with E-state index in [1.165, 1.54) is 71.6 Å². The first-order chi connectivity index (χ1) is 23.7. The van der Waals surface area contributed by atoms with Crippen LogP contribution in [0.15, 0.2) is 158 Å². The fourth-order valence-electron chi connectivity index (χ4n) is 7.98.